The molecular weight excluding hydrogens is 391 g/mol. The number of carbonyl (C=O) groups is 1. The second kappa shape index (κ2) is 6.64. The standard InChI is InChI=1S/C20H26F3NO3S/c1-19-9-7-15-14-6-4-13(28(2,26)24-18(25)20(21,22)23)11-12(14)3-5-16(15)17(19)8-10-27-19/h4,6,11,15-17,28H,3,5,7-10H2,1-2H3,(H,24,25,26)/t15?,16?,17?,19-/m0/s1. The first-order valence-electron chi connectivity index (χ1n) is 9.72. The number of nitrogens with zero attached hydrogens (tertiary/aromatic N) is 1. The number of fused-ring (bicyclic) bond motifs is 5. The van der Waals surface area contributed by atoms with Gasteiger partial charge in [0.1, 0.15) is 0 Å². The molecule has 2 fully saturated rings. The Bertz CT molecular complexity index is 863. The second-order valence-electron chi connectivity index (χ2n) is 8.60. The molecular formula is C20H26F3NO3S. The Labute approximate surface area is 163 Å². The van der Waals surface area contributed by atoms with Gasteiger partial charge in [0.15, 0.2) is 0 Å². The minimum Gasteiger partial charge on any atom is -0.375 e. The molecule has 4 rings (SSSR count). The number of amides is 1. The van der Waals surface area contributed by atoms with Crippen molar-refractivity contribution in [1.82, 2.24) is 0 Å². The molecule has 1 N–H and O–H groups in total. The van der Waals surface area contributed by atoms with Crippen molar-refractivity contribution in [3.05, 3.63) is 29.3 Å². The van der Waals surface area contributed by atoms with Gasteiger partial charge in [0.05, 0.1) is 5.60 Å². The van der Waals surface area contributed by atoms with Crippen molar-refractivity contribution in [3.63, 3.8) is 0 Å². The maximum Gasteiger partial charge on any atom is 0.474 e. The Morgan fingerprint density at radius 2 is 2.07 bits per heavy atom. The van der Waals surface area contributed by atoms with E-state index >= 15 is 0 Å². The number of hydrogen-bond acceptors (Lipinski definition) is 2. The average molecular weight is 417 g/mol. The molecule has 1 amide bonds. The van der Waals surface area contributed by atoms with Gasteiger partial charge in [-0.2, -0.15) is 17.5 Å². The fourth-order valence-corrected chi connectivity index (χ4v) is 6.87. The van der Waals surface area contributed by atoms with Gasteiger partial charge in [-0.3, -0.25) is 4.79 Å². The summed E-state index contributed by atoms with van der Waals surface area (Å²) in [6, 6.07) is 5.36. The van der Waals surface area contributed by atoms with Gasteiger partial charge in [-0.05, 0) is 86.3 Å². The number of rotatable bonds is 1. The van der Waals surface area contributed by atoms with Gasteiger partial charge in [0, 0.05) is 11.5 Å². The van der Waals surface area contributed by atoms with Crippen molar-refractivity contribution in [2.45, 2.75) is 61.6 Å². The smallest absolute Gasteiger partial charge is 0.375 e. The SMILES string of the molecule is C[C@]12CCC3c4ccc([SH](C)(O)=NC(=O)C(F)(F)F)cc4CCC3C1CCO2. The van der Waals surface area contributed by atoms with Gasteiger partial charge in [-0.1, -0.05) is 16.2 Å². The van der Waals surface area contributed by atoms with Crippen molar-refractivity contribution in [2.75, 3.05) is 12.9 Å². The lowest BCUT2D eigenvalue weighted by atomic mass is 9.59. The second-order valence-corrected chi connectivity index (χ2v) is 11.1. The van der Waals surface area contributed by atoms with Crippen molar-refractivity contribution in [1.29, 1.82) is 0 Å². The highest BCUT2D eigenvalue weighted by molar-refractivity contribution is 7.99. The Hall–Kier alpha value is -1.25. The van der Waals surface area contributed by atoms with Crippen LogP contribution in [-0.2, 0) is 26.1 Å². The van der Waals surface area contributed by atoms with Crippen LogP contribution >= 0.6 is 0 Å². The summed E-state index contributed by atoms with van der Waals surface area (Å²) < 4.78 is 57.3. The summed E-state index contributed by atoms with van der Waals surface area (Å²) in [6.07, 6.45) is 1.14. The number of hydrogen-bond donors (Lipinski definition) is 2. The zero-order chi connectivity index (χ0) is 20.3. The third-order valence-corrected chi connectivity index (χ3v) is 8.75. The molecule has 0 aromatic heterocycles. The number of alkyl halides is 3. The Balaban J connectivity index is 1.65. The summed E-state index contributed by atoms with van der Waals surface area (Å²) in [6.45, 7) is 3.04. The van der Waals surface area contributed by atoms with Crippen molar-refractivity contribution >= 4 is 16.0 Å². The summed E-state index contributed by atoms with van der Waals surface area (Å²) in [7, 11) is -3.52. The van der Waals surface area contributed by atoms with Crippen LogP contribution in [0.3, 0.4) is 0 Å². The van der Waals surface area contributed by atoms with E-state index in [1.807, 2.05) is 6.07 Å². The molecule has 1 aromatic rings. The van der Waals surface area contributed by atoms with Crippen LogP contribution in [0.1, 0.15) is 49.7 Å². The lowest BCUT2D eigenvalue weighted by molar-refractivity contribution is -0.169. The third-order valence-electron chi connectivity index (χ3n) is 6.92. The first-order chi connectivity index (χ1) is 13.0. The summed E-state index contributed by atoms with van der Waals surface area (Å²) in [5.41, 5.74) is 2.28. The quantitative estimate of drug-likeness (QED) is 0.660. The van der Waals surface area contributed by atoms with E-state index in [0.717, 1.165) is 44.3 Å². The fraction of sp³-hybridized carbons (Fsp3) is 0.650. The van der Waals surface area contributed by atoms with Crippen LogP contribution in [0.5, 0.6) is 0 Å². The van der Waals surface area contributed by atoms with E-state index in [1.54, 1.807) is 12.1 Å². The van der Waals surface area contributed by atoms with E-state index in [2.05, 4.69) is 11.3 Å². The van der Waals surface area contributed by atoms with E-state index in [-0.39, 0.29) is 5.60 Å². The highest BCUT2D eigenvalue weighted by Crippen LogP contribution is 2.55. The molecule has 0 bridgehead atoms. The van der Waals surface area contributed by atoms with Crippen LogP contribution in [0.4, 0.5) is 13.2 Å². The van der Waals surface area contributed by atoms with E-state index in [1.165, 1.54) is 11.8 Å². The predicted molar refractivity (Wildman–Crippen MR) is 102 cm³/mol. The topological polar surface area (TPSA) is 58.9 Å². The molecule has 0 spiro atoms. The van der Waals surface area contributed by atoms with E-state index in [9.17, 15) is 22.5 Å². The Morgan fingerprint density at radius 1 is 1.32 bits per heavy atom. The minimum absolute atomic E-state index is 0.0232. The number of carbonyl (C=O) groups excluding carboxylic acids is 1. The molecule has 0 radical (unpaired) electrons. The highest BCUT2D eigenvalue weighted by Gasteiger charge is 2.51. The molecule has 8 heteroatoms. The minimum atomic E-state index is -5.07. The van der Waals surface area contributed by atoms with Crippen LogP contribution < -0.4 is 0 Å². The molecule has 1 heterocycles. The molecule has 3 unspecified atom stereocenters. The summed E-state index contributed by atoms with van der Waals surface area (Å²) >= 11 is 0. The van der Waals surface area contributed by atoms with Crippen molar-refractivity contribution in [2.24, 2.45) is 16.2 Å². The molecule has 3 aliphatic rings. The zero-order valence-electron chi connectivity index (χ0n) is 16.0. The number of thiol groups is 1. The molecule has 2 aliphatic carbocycles. The molecule has 1 aromatic carbocycles. The monoisotopic (exact) mass is 417 g/mol. The number of halogens is 3. The van der Waals surface area contributed by atoms with Crippen LogP contribution in [0.2, 0.25) is 0 Å². The van der Waals surface area contributed by atoms with Crippen LogP contribution in [-0.4, -0.2) is 35.1 Å². The average Bonchev–Trinajstić information content (AvgIpc) is 3.01. The van der Waals surface area contributed by atoms with E-state index in [0.29, 0.717) is 22.6 Å². The van der Waals surface area contributed by atoms with Gasteiger partial charge >= 0.3 is 12.1 Å². The zero-order valence-corrected chi connectivity index (χ0v) is 16.9. The summed E-state index contributed by atoms with van der Waals surface area (Å²) in [5, 5.41) is 0. The van der Waals surface area contributed by atoms with Gasteiger partial charge in [0.2, 0.25) is 0 Å². The predicted octanol–water partition coefficient (Wildman–Crippen LogP) is 4.54. The maximum absolute atomic E-state index is 12.5. The number of aryl methyl sites for hydroxylation is 1. The van der Waals surface area contributed by atoms with Crippen molar-refractivity contribution in [3.8, 4) is 0 Å². The lowest BCUT2D eigenvalue weighted by Crippen LogP contribution is -2.44. The largest absolute Gasteiger partial charge is 0.474 e. The van der Waals surface area contributed by atoms with Gasteiger partial charge in [0.25, 0.3) is 0 Å². The molecule has 1 saturated carbocycles. The highest BCUT2D eigenvalue weighted by atomic mass is 32.3. The van der Waals surface area contributed by atoms with Gasteiger partial charge in [-0.15, -0.1) is 0 Å². The molecule has 1 saturated heterocycles. The molecule has 4 atom stereocenters. The van der Waals surface area contributed by atoms with Crippen LogP contribution in [0.25, 0.3) is 0 Å². The fourth-order valence-electron chi connectivity index (χ4n) is 5.53. The van der Waals surface area contributed by atoms with Gasteiger partial charge in [-0.25, -0.2) is 0 Å². The van der Waals surface area contributed by atoms with E-state index in [4.69, 9.17) is 4.74 Å². The summed E-state index contributed by atoms with van der Waals surface area (Å²) in [4.78, 5) is 11.6. The number of ether oxygens (including phenoxy) is 1. The Kier molecular flexibility index (Phi) is 4.75. The molecule has 28 heavy (non-hydrogen) atoms. The van der Waals surface area contributed by atoms with Gasteiger partial charge < -0.3 is 9.29 Å². The normalized spacial score (nSPS) is 32.9. The third kappa shape index (κ3) is 3.33. The molecule has 4 nitrogen and oxygen atoms in total. The first kappa shape index (κ1) is 20.0. The van der Waals surface area contributed by atoms with Crippen LogP contribution in [0, 0.1) is 11.8 Å². The lowest BCUT2D eigenvalue weighted by Gasteiger charge is -2.48. The number of benzene rings is 1. The first-order valence-corrected chi connectivity index (χ1v) is 11.9. The summed E-state index contributed by atoms with van der Waals surface area (Å²) in [5.74, 6) is -0.688. The van der Waals surface area contributed by atoms with Crippen LogP contribution in [0.15, 0.2) is 27.5 Å². The van der Waals surface area contributed by atoms with E-state index < -0.39 is 22.2 Å². The Morgan fingerprint density at radius 3 is 2.79 bits per heavy atom. The molecule has 1 aliphatic heterocycles. The van der Waals surface area contributed by atoms with Crippen molar-refractivity contribution < 1.29 is 27.3 Å². The maximum atomic E-state index is 12.5. The molecule has 156 valence electrons.